The van der Waals surface area contributed by atoms with Crippen LogP contribution in [0.5, 0.6) is 0 Å². The van der Waals surface area contributed by atoms with Crippen molar-refractivity contribution in [2.75, 3.05) is 25.2 Å². The van der Waals surface area contributed by atoms with Crippen LogP contribution in [0.2, 0.25) is 0 Å². The van der Waals surface area contributed by atoms with Gasteiger partial charge in [-0.05, 0) is 25.0 Å². The van der Waals surface area contributed by atoms with Crippen molar-refractivity contribution < 1.29 is 9.94 Å². The molecule has 2 heterocycles. The molecule has 1 aliphatic rings. The van der Waals surface area contributed by atoms with Crippen molar-refractivity contribution in [3.63, 3.8) is 0 Å². The predicted octanol–water partition coefficient (Wildman–Crippen LogP) is 0.791. The van der Waals surface area contributed by atoms with Gasteiger partial charge >= 0.3 is 0 Å². The number of nitrogens with two attached hydrogens (primary N) is 1. The van der Waals surface area contributed by atoms with Crippen molar-refractivity contribution >= 4 is 11.5 Å². The van der Waals surface area contributed by atoms with Crippen LogP contribution in [0.1, 0.15) is 18.5 Å². The molecule has 1 aromatic heterocycles. The summed E-state index contributed by atoms with van der Waals surface area (Å²) in [5, 5.41) is 11.6. The smallest absolute Gasteiger partial charge is 0.188 e. The Balaban J connectivity index is 2.16. The first-order valence-electron chi connectivity index (χ1n) is 5.97. The van der Waals surface area contributed by atoms with E-state index in [2.05, 4.69) is 15.0 Å². The second kappa shape index (κ2) is 5.68. The third-order valence-corrected chi connectivity index (χ3v) is 3.26. The van der Waals surface area contributed by atoms with E-state index in [1.54, 1.807) is 6.20 Å². The fraction of sp³-hybridized carbons (Fsp3) is 0.500. The molecule has 1 aromatic rings. The molecule has 3 N–H and O–H groups in total. The van der Waals surface area contributed by atoms with E-state index < -0.39 is 0 Å². The second-order valence-electron chi connectivity index (χ2n) is 4.34. The van der Waals surface area contributed by atoms with Crippen molar-refractivity contribution in [1.29, 1.82) is 0 Å². The first-order valence-corrected chi connectivity index (χ1v) is 5.97. The highest BCUT2D eigenvalue weighted by Gasteiger charge is 2.19. The van der Waals surface area contributed by atoms with Crippen LogP contribution in [0.4, 0.5) is 5.69 Å². The van der Waals surface area contributed by atoms with Gasteiger partial charge < -0.3 is 20.6 Å². The summed E-state index contributed by atoms with van der Waals surface area (Å²) >= 11 is 0. The van der Waals surface area contributed by atoms with Gasteiger partial charge in [0.25, 0.3) is 0 Å². The Kier molecular flexibility index (Phi) is 3.99. The number of amidine groups is 1. The molecule has 6 heteroatoms. The summed E-state index contributed by atoms with van der Waals surface area (Å²) in [4.78, 5) is 6.26. The van der Waals surface area contributed by atoms with Gasteiger partial charge in [0, 0.05) is 38.2 Å². The average Bonchev–Trinajstić information content (AvgIpc) is 2.46. The highest BCUT2D eigenvalue weighted by molar-refractivity contribution is 5.95. The molecule has 1 fully saturated rings. The van der Waals surface area contributed by atoms with Crippen LogP contribution in [-0.2, 0) is 4.74 Å². The summed E-state index contributed by atoms with van der Waals surface area (Å²) in [5.74, 6) is 0.0252. The number of ether oxygens (including phenoxy) is 1. The summed E-state index contributed by atoms with van der Waals surface area (Å²) in [6, 6.07) is 4.20. The van der Waals surface area contributed by atoms with E-state index in [0.717, 1.165) is 31.7 Å². The third-order valence-electron chi connectivity index (χ3n) is 3.26. The topological polar surface area (TPSA) is 84.0 Å². The van der Waals surface area contributed by atoms with Gasteiger partial charge in [0.2, 0.25) is 0 Å². The van der Waals surface area contributed by atoms with Crippen LogP contribution in [0.3, 0.4) is 0 Å². The Morgan fingerprint density at radius 2 is 2.28 bits per heavy atom. The van der Waals surface area contributed by atoms with Crippen LogP contribution < -0.4 is 10.6 Å². The molecule has 0 spiro atoms. The molecule has 98 valence electrons. The first-order chi connectivity index (χ1) is 8.72. The molecular formula is C12H18N4O2. The van der Waals surface area contributed by atoms with Gasteiger partial charge in [0.1, 0.15) is 5.69 Å². The molecule has 0 aliphatic carbocycles. The lowest BCUT2D eigenvalue weighted by Crippen LogP contribution is -2.36. The lowest BCUT2D eigenvalue weighted by Gasteiger charge is -2.33. The monoisotopic (exact) mass is 250 g/mol. The van der Waals surface area contributed by atoms with Gasteiger partial charge in [-0.15, -0.1) is 0 Å². The molecule has 1 saturated heterocycles. The largest absolute Gasteiger partial charge is 0.409 e. The zero-order valence-electron chi connectivity index (χ0n) is 10.4. The normalized spacial score (nSPS) is 17.7. The van der Waals surface area contributed by atoms with Gasteiger partial charge in [0.15, 0.2) is 5.84 Å². The number of pyridine rings is 1. The van der Waals surface area contributed by atoms with E-state index in [0.29, 0.717) is 11.7 Å². The standard InChI is InChI=1S/C12H18N4O2/c1-16(9-3-6-18-7-4-9)10-2-5-14-11(8-10)12(13)15-17/h2,5,8-9,17H,3-4,6-7H2,1H3,(H2,13,15). The van der Waals surface area contributed by atoms with Crippen LogP contribution in [0, 0.1) is 0 Å². The lowest BCUT2D eigenvalue weighted by atomic mass is 10.1. The number of anilines is 1. The maximum absolute atomic E-state index is 8.66. The third kappa shape index (κ3) is 2.70. The van der Waals surface area contributed by atoms with Gasteiger partial charge in [-0.25, -0.2) is 0 Å². The summed E-state index contributed by atoms with van der Waals surface area (Å²) in [5.41, 5.74) is 7.03. The Hall–Kier alpha value is -1.82. The van der Waals surface area contributed by atoms with Gasteiger partial charge in [-0.1, -0.05) is 5.16 Å². The summed E-state index contributed by atoms with van der Waals surface area (Å²) < 4.78 is 5.35. The fourth-order valence-corrected chi connectivity index (χ4v) is 2.11. The number of nitrogens with zero attached hydrogens (tertiary/aromatic N) is 3. The fourth-order valence-electron chi connectivity index (χ4n) is 2.11. The molecule has 0 amide bonds. The quantitative estimate of drug-likeness (QED) is 0.358. The van der Waals surface area contributed by atoms with Gasteiger partial charge in [-0.3, -0.25) is 4.98 Å². The summed E-state index contributed by atoms with van der Waals surface area (Å²) in [6.45, 7) is 1.60. The Morgan fingerprint density at radius 3 is 2.94 bits per heavy atom. The van der Waals surface area contributed by atoms with E-state index in [9.17, 15) is 0 Å². The van der Waals surface area contributed by atoms with E-state index in [1.807, 2.05) is 19.2 Å². The lowest BCUT2D eigenvalue weighted by molar-refractivity contribution is 0.0855. The molecule has 0 aromatic carbocycles. The summed E-state index contributed by atoms with van der Waals surface area (Å²) in [7, 11) is 2.04. The molecule has 1 aliphatic heterocycles. The van der Waals surface area contributed by atoms with Crippen LogP contribution in [-0.4, -0.2) is 42.3 Å². The Bertz CT molecular complexity index is 430. The van der Waals surface area contributed by atoms with Crippen LogP contribution in [0.25, 0.3) is 0 Å². The maximum atomic E-state index is 8.66. The molecule has 0 saturated carbocycles. The van der Waals surface area contributed by atoms with Crippen molar-refractivity contribution in [1.82, 2.24) is 4.98 Å². The SMILES string of the molecule is CN(c1ccnc(C(N)=NO)c1)C1CCOCC1. The van der Waals surface area contributed by atoms with Gasteiger partial charge in [0.05, 0.1) is 0 Å². The first kappa shape index (κ1) is 12.6. The molecule has 6 nitrogen and oxygen atoms in total. The minimum atomic E-state index is 0.0252. The predicted molar refractivity (Wildman–Crippen MR) is 69.0 cm³/mol. The zero-order chi connectivity index (χ0) is 13.0. The molecule has 0 radical (unpaired) electrons. The molecule has 0 atom stereocenters. The maximum Gasteiger partial charge on any atom is 0.188 e. The van der Waals surface area contributed by atoms with E-state index in [-0.39, 0.29) is 5.84 Å². The molecule has 2 rings (SSSR count). The minimum Gasteiger partial charge on any atom is -0.409 e. The summed E-state index contributed by atoms with van der Waals surface area (Å²) in [6.07, 6.45) is 3.69. The number of hydrogen-bond donors (Lipinski definition) is 2. The van der Waals surface area contributed by atoms with E-state index in [1.165, 1.54) is 0 Å². The molecule has 0 bridgehead atoms. The number of aromatic nitrogens is 1. The van der Waals surface area contributed by atoms with E-state index >= 15 is 0 Å². The Labute approximate surface area is 106 Å². The molecular weight excluding hydrogens is 232 g/mol. The number of rotatable bonds is 3. The number of oxime groups is 1. The highest BCUT2D eigenvalue weighted by atomic mass is 16.5. The average molecular weight is 250 g/mol. The van der Waals surface area contributed by atoms with Crippen LogP contribution >= 0.6 is 0 Å². The zero-order valence-corrected chi connectivity index (χ0v) is 10.4. The molecule has 18 heavy (non-hydrogen) atoms. The van der Waals surface area contributed by atoms with Crippen molar-refractivity contribution in [2.24, 2.45) is 10.9 Å². The highest BCUT2D eigenvalue weighted by Crippen LogP contribution is 2.21. The number of hydrogen-bond acceptors (Lipinski definition) is 5. The van der Waals surface area contributed by atoms with Crippen LogP contribution in [0.15, 0.2) is 23.5 Å². The second-order valence-corrected chi connectivity index (χ2v) is 4.34. The Morgan fingerprint density at radius 1 is 1.56 bits per heavy atom. The molecule has 0 unspecified atom stereocenters. The van der Waals surface area contributed by atoms with Crippen molar-refractivity contribution in [3.05, 3.63) is 24.0 Å². The van der Waals surface area contributed by atoms with Gasteiger partial charge in [-0.2, -0.15) is 0 Å². The van der Waals surface area contributed by atoms with E-state index in [4.69, 9.17) is 15.7 Å². The van der Waals surface area contributed by atoms with Crippen molar-refractivity contribution in [3.8, 4) is 0 Å². The van der Waals surface area contributed by atoms with Crippen molar-refractivity contribution in [2.45, 2.75) is 18.9 Å². The minimum absolute atomic E-state index is 0.0252.